The normalized spacial score (nSPS) is 18.2. The van der Waals surface area contributed by atoms with Gasteiger partial charge in [0.1, 0.15) is 0 Å². The van der Waals surface area contributed by atoms with Crippen LogP contribution in [0.3, 0.4) is 0 Å². The van der Waals surface area contributed by atoms with Gasteiger partial charge in [-0.15, -0.1) is 0 Å². The van der Waals surface area contributed by atoms with Crippen LogP contribution in [0.2, 0.25) is 0 Å². The Kier molecular flexibility index (Phi) is 8.19. The zero-order valence-electron chi connectivity index (χ0n) is 13.6. The summed E-state index contributed by atoms with van der Waals surface area (Å²) in [6, 6.07) is 0. The number of hydrogen-bond acceptors (Lipinski definition) is 3. The van der Waals surface area contributed by atoms with Crippen LogP contribution in [-0.2, 0) is 4.79 Å². The van der Waals surface area contributed by atoms with Gasteiger partial charge in [-0.05, 0) is 32.4 Å². The van der Waals surface area contributed by atoms with E-state index >= 15 is 0 Å². The maximum atomic E-state index is 12.6. The summed E-state index contributed by atoms with van der Waals surface area (Å²) in [4.78, 5) is 15.4. The number of nitrogens with two attached hydrogens (primary N) is 1. The van der Waals surface area contributed by atoms with Gasteiger partial charge in [-0.3, -0.25) is 4.79 Å². The fourth-order valence-electron chi connectivity index (χ4n) is 3.16. The van der Waals surface area contributed by atoms with Crippen LogP contribution in [0.4, 0.5) is 0 Å². The Morgan fingerprint density at radius 1 is 1.19 bits per heavy atom. The molecule has 0 saturated heterocycles. The summed E-state index contributed by atoms with van der Waals surface area (Å²) < 4.78 is 0. The van der Waals surface area contributed by atoms with Gasteiger partial charge in [0.05, 0.1) is 10.4 Å². The lowest BCUT2D eigenvalue weighted by Crippen LogP contribution is -2.50. The lowest BCUT2D eigenvalue weighted by Gasteiger charge is -2.30. The van der Waals surface area contributed by atoms with Gasteiger partial charge in [-0.2, -0.15) is 0 Å². The second-order valence-electron chi connectivity index (χ2n) is 6.05. The van der Waals surface area contributed by atoms with Crippen molar-refractivity contribution >= 4 is 23.1 Å². The van der Waals surface area contributed by atoms with Gasteiger partial charge in [0, 0.05) is 13.1 Å². The molecular weight excluding hydrogens is 282 g/mol. The number of nitrogens with zero attached hydrogens (tertiary/aromatic N) is 1. The fourth-order valence-corrected chi connectivity index (χ4v) is 3.46. The average Bonchev–Trinajstić information content (AvgIpc) is 2.72. The Bertz CT molecular complexity index is 338. The molecule has 1 aliphatic rings. The molecule has 0 atom stereocenters. The number of rotatable bonds is 8. The zero-order valence-corrected chi connectivity index (χ0v) is 14.4. The van der Waals surface area contributed by atoms with E-state index in [0.717, 1.165) is 51.7 Å². The van der Waals surface area contributed by atoms with E-state index < -0.39 is 5.41 Å². The van der Waals surface area contributed by atoms with Gasteiger partial charge in [-0.1, -0.05) is 51.7 Å². The molecule has 0 spiro atoms. The number of amides is 1. The fraction of sp³-hybridized carbons (Fsp3) is 0.875. The van der Waals surface area contributed by atoms with Crippen molar-refractivity contribution in [1.29, 1.82) is 0 Å². The second kappa shape index (κ2) is 9.36. The van der Waals surface area contributed by atoms with E-state index in [1.807, 2.05) is 0 Å². The first-order valence-electron chi connectivity index (χ1n) is 8.37. The predicted octanol–water partition coefficient (Wildman–Crippen LogP) is 2.46. The van der Waals surface area contributed by atoms with E-state index in [-0.39, 0.29) is 5.91 Å². The van der Waals surface area contributed by atoms with Crippen LogP contribution in [0.25, 0.3) is 0 Å². The van der Waals surface area contributed by atoms with Crippen molar-refractivity contribution in [3.63, 3.8) is 0 Å². The van der Waals surface area contributed by atoms with E-state index in [0.29, 0.717) is 11.5 Å². The minimum atomic E-state index is -0.604. The van der Waals surface area contributed by atoms with Gasteiger partial charge < -0.3 is 16.0 Å². The first-order chi connectivity index (χ1) is 10.1. The van der Waals surface area contributed by atoms with Crippen molar-refractivity contribution in [3.8, 4) is 0 Å². The van der Waals surface area contributed by atoms with Crippen LogP contribution in [-0.4, -0.2) is 42.0 Å². The molecule has 0 heterocycles. The Morgan fingerprint density at radius 2 is 1.81 bits per heavy atom. The van der Waals surface area contributed by atoms with E-state index in [1.165, 1.54) is 12.8 Å². The summed E-state index contributed by atoms with van der Waals surface area (Å²) in [6.07, 6.45) is 7.19. The third-order valence-electron chi connectivity index (χ3n) is 4.56. The van der Waals surface area contributed by atoms with Crippen LogP contribution >= 0.6 is 12.2 Å². The van der Waals surface area contributed by atoms with E-state index in [4.69, 9.17) is 18.0 Å². The van der Waals surface area contributed by atoms with Gasteiger partial charge in [0.2, 0.25) is 5.91 Å². The predicted molar refractivity (Wildman–Crippen MR) is 92.3 cm³/mol. The standard InChI is InChI=1S/C16H31N3OS/c1-3-12-19(4-2)13-11-18-15(20)16(14(17)21)9-7-5-6-8-10-16/h3-13H2,1-2H3,(H2,17,21)(H,18,20). The largest absolute Gasteiger partial charge is 0.392 e. The summed E-state index contributed by atoms with van der Waals surface area (Å²) in [5, 5.41) is 3.08. The van der Waals surface area contributed by atoms with Gasteiger partial charge in [0.25, 0.3) is 0 Å². The van der Waals surface area contributed by atoms with Gasteiger partial charge >= 0.3 is 0 Å². The summed E-state index contributed by atoms with van der Waals surface area (Å²) >= 11 is 5.24. The molecule has 1 aliphatic carbocycles. The summed E-state index contributed by atoms with van der Waals surface area (Å²) in [5.41, 5.74) is 5.33. The van der Waals surface area contributed by atoms with Crippen LogP contribution in [0.1, 0.15) is 58.8 Å². The average molecular weight is 314 g/mol. The Morgan fingerprint density at radius 3 is 2.29 bits per heavy atom. The first-order valence-corrected chi connectivity index (χ1v) is 8.78. The molecule has 21 heavy (non-hydrogen) atoms. The number of likely N-dealkylation sites (N-methyl/N-ethyl adjacent to an activating group) is 1. The van der Waals surface area contributed by atoms with Gasteiger partial charge in [-0.25, -0.2) is 0 Å². The van der Waals surface area contributed by atoms with E-state index in [2.05, 4.69) is 24.1 Å². The molecule has 0 aromatic carbocycles. The Hall–Kier alpha value is -0.680. The molecule has 1 amide bonds. The molecular formula is C16H31N3OS. The van der Waals surface area contributed by atoms with Crippen LogP contribution < -0.4 is 11.1 Å². The highest BCUT2D eigenvalue weighted by Gasteiger charge is 2.41. The molecule has 0 aromatic heterocycles. The highest BCUT2D eigenvalue weighted by molar-refractivity contribution is 7.80. The van der Waals surface area contributed by atoms with Crippen molar-refractivity contribution in [2.45, 2.75) is 58.8 Å². The van der Waals surface area contributed by atoms with Crippen LogP contribution in [0.15, 0.2) is 0 Å². The van der Waals surface area contributed by atoms with Crippen LogP contribution in [0, 0.1) is 5.41 Å². The van der Waals surface area contributed by atoms with Gasteiger partial charge in [0.15, 0.2) is 0 Å². The van der Waals surface area contributed by atoms with Crippen molar-refractivity contribution in [2.24, 2.45) is 11.1 Å². The summed E-state index contributed by atoms with van der Waals surface area (Å²) in [6.45, 7) is 7.99. The molecule has 3 N–H and O–H groups in total. The molecule has 1 fully saturated rings. The quantitative estimate of drug-likeness (QED) is 0.534. The van der Waals surface area contributed by atoms with E-state index in [1.54, 1.807) is 0 Å². The molecule has 0 aliphatic heterocycles. The highest BCUT2D eigenvalue weighted by atomic mass is 32.1. The molecule has 5 heteroatoms. The zero-order chi connectivity index (χ0) is 15.7. The van der Waals surface area contributed by atoms with Crippen molar-refractivity contribution in [1.82, 2.24) is 10.2 Å². The molecule has 1 saturated carbocycles. The number of carbonyl (C=O) groups is 1. The number of hydrogen-bond donors (Lipinski definition) is 2. The summed E-state index contributed by atoms with van der Waals surface area (Å²) in [5.74, 6) is 0.0458. The van der Waals surface area contributed by atoms with Crippen LogP contribution in [0.5, 0.6) is 0 Å². The topological polar surface area (TPSA) is 58.4 Å². The molecule has 122 valence electrons. The summed E-state index contributed by atoms with van der Waals surface area (Å²) in [7, 11) is 0. The lowest BCUT2D eigenvalue weighted by atomic mass is 9.79. The number of thiocarbonyl (C=S) groups is 1. The highest BCUT2D eigenvalue weighted by Crippen LogP contribution is 2.35. The minimum Gasteiger partial charge on any atom is -0.392 e. The number of carbonyl (C=O) groups excluding carboxylic acids is 1. The lowest BCUT2D eigenvalue weighted by molar-refractivity contribution is -0.128. The van der Waals surface area contributed by atoms with Crippen molar-refractivity contribution in [3.05, 3.63) is 0 Å². The molecule has 0 bridgehead atoms. The third kappa shape index (κ3) is 5.22. The van der Waals surface area contributed by atoms with Crippen molar-refractivity contribution in [2.75, 3.05) is 26.2 Å². The maximum absolute atomic E-state index is 12.6. The van der Waals surface area contributed by atoms with E-state index in [9.17, 15) is 4.79 Å². The molecule has 4 nitrogen and oxygen atoms in total. The Balaban J connectivity index is 2.55. The van der Waals surface area contributed by atoms with Crippen molar-refractivity contribution < 1.29 is 4.79 Å². The minimum absolute atomic E-state index is 0.0458. The maximum Gasteiger partial charge on any atom is 0.233 e. The molecule has 0 unspecified atom stereocenters. The first kappa shape index (κ1) is 18.4. The molecule has 1 rings (SSSR count). The monoisotopic (exact) mass is 313 g/mol. The SMILES string of the molecule is CCCN(CC)CCNC(=O)C1(C(N)=S)CCCCCC1. The smallest absolute Gasteiger partial charge is 0.233 e. The Labute approximate surface area is 134 Å². The molecule has 0 aromatic rings. The molecule has 0 radical (unpaired) electrons. The second-order valence-corrected chi connectivity index (χ2v) is 6.49. The third-order valence-corrected chi connectivity index (χ3v) is 4.95. The number of nitrogens with one attached hydrogen (secondary N) is 1.